The topological polar surface area (TPSA) is 12.0 Å². The lowest BCUT2D eigenvalue weighted by molar-refractivity contribution is 0.598. The molecule has 15 heavy (non-hydrogen) atoms. The van der Waals surface area contributed by atoms with Crippen LogP contribution >= 0.6 is 15.9 Å². The highest BCUT2D eigenvalue weighted by Gasteiger charge is 2.00. The molecule has 0 saturated carbocycles. The lowest BCUT2D eigenvalue weighted by Crippen LogP contribution is -2.26. The van der Waals surface area contributed by atoms with E-state index in [1.165, 1.54) is 11.1 Å². The van der Waals surface area contributed by atoms with Gasteiger partial charge in [-0.1, -0.05) is 54.0 Å². The molecule has 0 aliphatic rings. The number of hydrogen-bond acceptors (Lipinski definition) is 1. The van der Waals surface area contributed by atoms with E-state index >= 15 is 0 Å². The summed E-state index contributed by atoms with van der Waals surface area (Å²) in [7, 11) is 0. The Morgan fingerprint density at radius 2 is 1.73 bits per heavy atom. The zero-order valence-electron chi connectivity index (χ0n) is 9.76. The van der Waals surface area contributed by atoms with Crippen molar-refractivity contribution in [1.29, 1.82) is 0 Å². The molecule has 0 amide bonds. The van der Waals surface area contributed by atoms with Gasteiger partial charge in [-0.25, -0.2) is 0 Å². The van der Waals surface area contributed by atoms with Crippen molar-refractivity contribution < 1.29 is 0 Å². The van der Waals surface area contributed by atoms with Crippen molar-refractivity contribution in [3.63, 3.8) is 0 Å². The first-order valence-corrected chi connectivity index (χ1v) is 6.63. The number of benzene rings is 1. The standard InChI is InChI=1S/C13H20BrN/c1-10(2)13-6-4-12(5-7-13)9-15-11(3)8-14/h4-7,10-11,15H,8-9H2,1-3H3. The first-order chi connectivity index (χ1) is 7.13. The fraction of sp³-hybridized carbons (Fsp3) is 0.538. The predicted molar refractivity (Wildman–Crippen MR) is 70.6 cm³/mol. The zero-order chi connectivity index (χ0) is 11.3. The molecule has 0 aliphatic heterocycles. The maximum Gasteiger partial charge on any atom is 0.0208 e. The van der Waals surface area contributed by atoms with Gasteiger partial charge in [0.25, 0.3) is 0 Å². The van der Waals surface area contributed by atoms with Gasteiger partial charge >= 0.3 is 0 Å². The zero-order valence-corrected chi connectivity index (χ0v) is 11.3. The third-order valence-corrected chi connectivity index (χ3v) is 3.50. The molecule has 0 radical (unpaired) electrons. The minimum Gasteiger partial charge on any atom is -0.309 e. The molecule has 0 aromatic heterocycles. The number of halogens is 1. The van der Waals surface area contributed by atoms with Gasteiger partial charge in [0.2, 0.25) is 0 Å². The summed E-state index contributed by atoms with van der Waals surface area (Å²) in [6.45, 7) is 7.57. The van der Waals surface area contributed by atoms with E-state index in [-0.39, 0.29) is 0 Å². The maximum atomic E-state index is 3.46. The Kier molecular flexibility index (Phi) is 5.34. The molecule has 0 heterocycles. The second-order valence-electron chi connectivity index (χ2n) is 4.33. The van der Waals surface area contributed by atoms with Crippen LogP contribution in [-0.2, 0) is 6.54 Å². The van der Waals surface area contributed by atoms with E-state index < -0.39 is 0 Å². The summed E-state index contributed by atoms with van der Waals surface area (Å²) < 4.78 is 0. The monoisotopic (exact) mass is 269 g/mol. The average Bonchev–Trinajstić information content (AvgIpc) is 2.26. The van der Waals surface area contributed by atoms with E-state index in [1.54, 1.807) is 0 Å². The highest BCUT2D eigenvalue weighted by molar-refractivity contribution is 9.09. The van der Waals surface area contributed by atoms with Gasteiger partial charge in [-0.15, -0.1) is 0 Å². The van der Waals surface area contributed by atoms with E-state index in [2.05, 4.69) is 66.3 Å². The lowest BCUT2D eigenvalue weighted by atomic mass is 10.0. The van der Waals surface area contributed by atoms with Gasteiger partial charge in [-0.3, -0.25) is 0 Å². The third-order valence-electron chi connectivity index (χ3n) is 2.53. The fourth-order valence-electron chi connectivity index (χ4n) is 1.37. The van der Waals surface area contributed by atoms with E-state index in [0.717, 1.165) is 11.9 Å². The molecule has 1 unspecified atom stereocenters. The Bertz CT molecular complexity index is 279. The fourth-order valence-corrected chi connectivity index (χ4v) is 1.60. The molecular formula is C13H20BrN. The van der Waals surface area contributed by atoms with Crippen LogP contribution in [0.1, 0.15) is 37.8 Å². The number of rotatable bonds is 5. The summed E-state index contributed by atoms with van der Waals surface area (Å²) in [6, 6.07) is 9.39. The van der Waals surface area contributed by atoms with Crippen LogP contribution in [0, 0.1) is 0 Å². The molecule has 0 bridgehead atoms. The highest BCUT2D eigenvalue weighted by Crippen LogP contribution is 2.14. The molecule has 1 N–H and O–H groups in total. The van der Waals surface area contributed by atoms with Crippen molar-refractivity contribution in [3.05, 3.63) is 35.4 Å². The van der Waals surface area contributed by atoms with Crippen molar-refractivity contribution in [1.82, 2.24) is 5.32 Å². The first-order valence-electron chi connectivity index (χ1n) is 5.51. The van der Waals surface area contributed by atoms with Gasteiger partial charge in [0.05, 0.1) is 0 Å². The summed E-state index contributed by atoms with van der Waals surface area (Å²) in [5, 5.41) is 4.45. The predicted octanol–water partition coefficient (Wildman–Crippen LogP) is 3.68. The van der Waals surface area contributed by atoms with E-state index in [0.29, 0.717) is 12.0 Å². The molecule has 1 nitrogen and oxygen atoms in total. The smallest absolute Gasteiger partial charge is 0.0208 e. The highest BCUT2D eigenvalue weighted by atomic mass is 79.9. The Labute approximate surface area is 101 Å². The minimum atomic E-state index is 0.523. The van der Waals surface area contributed by atoms with Crippen molar-refractivity contribution in [3.8, 4) is 0 Å². The molecule has 84 valence electrons. The molecule has 0 saturated heterocycles. The second-order valence-corrected chi connectivity index (χ2v) is 4.98. The van der Waals surface area contributed by atoms with Crippen molar-refractivity contribution in [2.24, 2.45) is 0 Å². The normalized spacial score (nSPS) is 13.1. The van der Waals surface area contributed by atoms with Gasteiger partial charge in [-0.05, 0) is 24.0 Å². The quantitative estimate of drug-likeness (QED) is 0.805. The van der Waals surface area contributed by atoms with Crippen LogP contribution in [0.3, 0.4) is 0 Å². The molecule has 2 heteroatoms. The van der Waals surface area contributed by atoms with Gasteiger partial charge in [0.1, 0.15) is 0 Å². The maximum absolute atomic E-state index is 3.46. The SMILES string of the molecule is CC(CBr)NCc1ccc(C(C)C)cc1. The molecular weight excluding hydrogens is 250 g/mol. The Morgan fingerprint density at radius 3 is 2.20 bits per heavy atom. The average molecular weight is 270 g/mol. The van der Waals surface area contributed by atoms with Crippen LogP contribution in [0.25, 0.3) is 0 Å². The molecule has 0 spiro atoms. The Balaban J connectivity index is 2.50. The van der Waals surface area contributed by atoms with Crippen LogP contribution in [0.2, 0.25) is 0 Å². The van der Waals surface area contributed by atoms with Gasteiger partial charge in [0, 0.05) is 17.9 Å². The number of nitrogens with one attached hydrogen (secondary N) is 1. The third kappa shape index (κ3) is 4.35. The van der Waals surface area contributed by atoms with Crippen LogP contribution in [-0.4, -0.2) is 11.4 Å². The summed E-state index contributed by atoms with van der Waals surface area (Å²) in [4.78, 5) is 0. The van der Waals surface area contributed by atoms with Crippen LogP contribution in [0.15, 0.2) is 24.3 Å². The largest absolute Gasteiger partial charge is 0.309 e. The van der Waals surface area contributed by atoms with Crippen molar-refractivity contribution in [2.75, 3.05) is 5.33 Å². The van der Waals surface area contributed by atoms with E-state index in [4.69, 9.17) is 0 Å². The molecule has 0 aliphatic carbocycles. The lowest BCUT2D eigenvalue weighted by Gasteiger charge is -2.11. The first kappa shape index (κ1) is 12.7. The van der Waals surface area contributed by atoms with Crippen LogP contribution < -0.4 is 5.32 Å². The molecule has 1 atom stereocenters. The summed E-state index contributed by atoms with van der Waals surface area (Å²) in [5.74, 6) is 0.619. The van der Waals surface area contributed by atoms with Gasteiger partial charge in [0.15, 0.2) is 0 Å². The Morgan fingerprint density at radius 1 is 1.13 bits per heavy atom. The minimum absolute atomic E-state index is 0.523. The summed E-state index contributed by atoms with van der Waals surface area (Å²) in [6.07, 6.45) is 0. The van der Waals surface area contributed by atoms with Crippen LogP contribution in [0.5, 0.6) is 0 Å². The Hall–Kier alpha value is -0.340. The summed E-state index contributed by atoms with van der Waals surface area (Å²) in [5.41, 5.74) is 2.76. The summed E-state index contributed by atoms with van der Waals surface area (Å²) >= 11 is 3.46. The van der Waals surface area contributed by atoms with Gasteiger partial charge in [-0.2, -0.15) is 0 Å². The molecule has 1 aromatic carbocycles. The van der Waals surface area contributed by atoms with Crippen LogP contribution in [0.4, 0.5) is 0 Å². The van der Waals surface area contributed by atoms with Crippen molar-refractivity contribution in [2.45, 2.75) is 39.3 Å². The number of hydrogen-bond donors (Lipinski definition) is 1. The number of alkyl halides is 1. The second kappa shape index (κ2) is 6.29. The molecule has 1 aromatic rings. The van der Waals surface area contributed by atoms with E-state index in [1.807, 2.05) is 0 Å². The van der Waals surface area contributed by atoms with Crippen molar-refractivity contribution >= 4 is 15.9 Å². The molecule has 1 rings (SSSR count). The molecule has 0 fully saturated rings. The van der Waals surface area contributed by atoms with Gasteiger partial charge < -0.3 is 5.32 Å². The van der Waals surface area contributed by atoms with E-state index in [9.17, 15) is 0 Å².